The number of aromatic carboxylic acids is 1. The van der Waals surface area contributed by atoms with E-state index in [2.05, 4.69) is 32.3 Å². The number of benzene rings is 4. The fourth-order valence-corrected chi connectivity index (χ4v) is 6.16. The van der Waals surface area contributed by atoms with Gasteiger partial charge in [0, 0.05) is 23.1 Å². The number of carboxylic acids is 1. The molecule has 4 aromatic rings. The van der Waals surface area contributed by atoms with Crippen LogP contribution in [0.25, 0.3) is 11.1 Å². The Morgan fingerprint density at radius 3 is 2.15 bits per heavy atom. The van der Waals surface area contributed by atoms with Crippen LogP contribution >= 0.6 is 28.3 Å². The second kappa shape index (κ2) is 15.3. The van der Waals surface area contributed by atoms with E-state index < -0.39 is 5.97 Å². The summed E-state index contributed by atoms with van der Waals surface area (Å²) in [6.45, 7) is 5.47. The number of para-hydroxylation sites is 1. The van der Waals surface area contributed by atoms with Gasteiger partial charge in [0.05, 0.1) is 30.6 Å². The number of amides is 1. The third-order valence-corrected chi connectivity index (χ3v) is 8.81. The Labute approximate surface area is 283 Å². The Morgan fingerprint density at radius 1 is 0.935 bits per heavy atom. The van der Waals surface area contributed by atoms with Crippen LogP contribution in [0.2, 0.25) is 0 Å². The van der Waals surface area contributed by atoms with Crippen molar-refractivity contribution >= 4 is 63.1 Å². The van der Waals surface area contributed by atoms with Gasteiger partial charge in [-0.05, 0) is 85.7 Å². The molecule has 0 spiro atoms. The van der Waals surface area contributed by atoms with Crippen LogP contribution in [0, 0.1) is 6.92 Å². The summed E-state index contributed by atoms with van der Waals surface area (Å²) >= 11 is 3.44. The molecule has 8 nitrogen and oxygen atoms in total. The lowest BCUT2D eigenvalue weighted by Gasteiger charge is -2.35. The molecule has 240 valence electrons. The molecule has 2 N–H and O–H groups in total. The molecule has 5 rings (SSSR count). The van der Waals surface area contributed by atoms with Crippen LogP contribution in [0.5, 0.6) is 5.75 Å². The summed E-state index contributed by atoms with van der Waals surface area (Å²) in [5.41, 5.74) is 10.1. The standard InChI is InChI=1S/C36H36BrN3O5.ClH/c1-23-8-7-9-32(39-18-5-4-6-19-39)35(23)40(29-16-14-27(15-17-29)26-12-10-25(11-13-26)24(2)41)38-34(42)21-28-20-33(45-3)30(36(43)44)22-31(28)37;/h7-17,20,22H,4-6,18-19,21H2,1-3H3,(H,38,42)(H,43,44);1H. The minimum Gasteiger partial charge on any atom is -0.496 e. The van der Waals surface area contributed by atoms with Crippen LogP contribution in [-0.2, 0) is 11.2 Å². The molecule has 0 unspecified atom stereocenters. The van der Waals surface area contributed by atoms with E-state index in [0.717, 1.165) is 59.7 Å². The molecule has 46 heavy (non-hydrogen) atoms. The Balaban J connectivity index is 0.00000480. The van der Waals surface area contributed by atoms with Crippen molar-refractivity contribution in [1.29, 1.82) is 0 Å². The number of ether oxygens (including phenoxy) is 1. The van der Waals surface area contributed by atoms with E-state index in [1.165, 1.54) is 19.6 Å². The van der Waals surface area contributed by atoms with E-state index in [9.17, 15) is 19.5 Å². The maximum Gasteiger partial charge on any atom is 0.339 e. The smallest absolute Gasteiger partial charge is 0.339 e. The van der Waals surface area contributed by atoms with Crippen molar-refractivity contribution in [2.24, 2.45) is 0 Å². The first-order valence-corrected chi connectivity index (χ1v) is 15.7. The zero-order valence-corrected chi connectivity index (χ0v) is 28.4. The molecular formula is C36H37BrClN3O5. The summed E-state index contributed by atoms with van der Waals surface area (Å²) < 4.78 is 5.81. The normalized spacial score (nSPS) is 12.6. The van der Waals surface area contributed by atoms with Gasteiger partial charge < -0.3 is 14.7 Å². The minimum atomic E-state index is -1.11. The molecule has 1 saturated heterocycles. The average molecular weight is 707 g/mol. The average Bonchev–Trinajstić information content (AvgIpc) is 3.05. The van der Waals surface area contributed by atoms with Gasteiger partial charge in [0.2, 0.25) is 5.91 Å². The predicted molar refractivity (Wildman–Crippen MR) is 188 cm³/mol. The lowest BCUT2D eigenvalue weighted by atomic mass is 10.0. The highest BCUT2D eigenvalue weighted by Crippen LogP contribution is 2.38. The molecule has 1 aliphatic heterocycles. The molecular weight excluding hydrogens is 670 g/mol. The monoisotopic (exact) mass is 705 g/mol. The summed E-state index contributed by atoms with van der Waals surface area (Å²) in [5.74, 6) is -1.19. The van der Waals surface area contributed by atoms with Crippen molar-refractivity contribution in [3.63, 3.8) is 0 Å². The number of carbonyl (C=O) groups excluding carboxylic acids is 2. The van der Waals surface area contributed by atoms with Gasteiger partial charge in [0.15, 0.2) is 5.78 Å². The van der Waals surface area contributed by atoms with Gasteiger partial charge in [0.25, 0.3) is 0 Å². The third kappa shape index (κ3) is 7.71. The van der Waals surface area contributed by atoms with Crippen LogP contribution in [0.1, 0.15) is 58.0 Å². The number of hydrazine groups is 1. The van der Waals surface area contributed by atoms with Crippen molar-refractivity contribution in [3.8, 4) is 16.9 Å². The second-order valence-corrected chi connectivity index (χ2v) is 12.0. The fraction of sp³-hybridized carbons (Fsp3) is 0.250. The van der Waals surface area contributed by atoms with Crippen molar-refractivity contribution in [2.45, 2.75) is 39.5 Å². The van der Waals surface area contributed by atoms with Crippen LogP contribution in [0.3, 0.4) is 0 Å². The van der Waals surface area contributed by atoms with Crippen molar-refractivity contribution < 1.29 is 24.2 Å². The Bertz CT molecular complexity index is 1720. The van der Waals surface area contributed by atoms with E-state index in [-0.39, 0.29) is 41.8 Å². The number of anilines is 3. The highest BCUT2D eigenvalue weighted by Gasteiger charge is 2.24. The van der Waals surface area contributed by atoms with Crippen LogP contribution in [0.4, 0.5) is 17.1 Å². The lowest BCUT2D eigenvalue weighted by Crippen LogP contribution is -2.41. The van der Waals surface area contributed by atoms with Gasteiger partial charge in [0.1, 0.15) is 11.3 Å². The first kappa shape index (κ1) is 34.5. The third-order valence-electron chi connectivity index (χ3n) is 8.07. The number of hydrogen-bond acceptors (Lipinski definition) is 6. The number of ketones is 1. The number of hydrogen-bond donors (Lipinski definition) is 2. The molecule has 0 aliphatic carbocycles. The van der Waals surface area contributed by atoms with Gasteiger partial charge in [-0.25, -0.2) is 4.79 Å². The molecule has 0 saturated carbocycles. The van der Waals surface area contributed by atoms with E-state index >= 15 is 0 Å². The fourth-order valence-electron chi connectivity index (χ4n) is 5.68. The number of Topliss-reactive ketones (excluding diaryl/α,β-unsaturated/α-hetero) is 1. The molecule has 0 atom stereocenters. The quantitative estimate of drug-likeness (QED) is 0.127. The van der Waals surface area contributed by atoms with Crippen molar-refractivity contribution in [3.05, 3.63) is 106 Å². The lowest BCUT2D eigenvalue weighted by molar-refractivity contribution is -0.120. The van der Waals surface area contributed by atoms with Gasteiger partial charge in [-0.2, -0.15) is 0 Å². The Morgan fingerprint density at radius 2 is 1.57 bits per heavy atom. The highest BCUT2D eigenvalue weighted by atomic mass is 79.9. The van der Waals surface area contributed by atoms with Crippen LogP contribution in [-0.4, -0.2) is 43.0 Å². The summed E-state index contributed by atoms with van der Waals surface area (Å²) in [5, 5.41) is 11.4. The van der Waals surface area contributed by atoms with Crippen molar-refractivity contribution in [1.82, 2.24) is 5.43 Å². The first-order valence-electron chi connectivity index (χ1n) is 14.9. The summed E-state index contributed by atoms with van der Waals surface area (Å²) in [6.07, 6.45) is 3.41. The number of halogens is 2. The Hall–Kier alpha value is -4.34. The summed E-state index contributed by atoms with van der Waals surface area (Å²) in [7, 11) is 1.41. The Kier molecular flexibility index (Phi) is 11.5. The molecule has 1 aliphatic rings. The number of methoxy groups -OCH3 is 1. The molecule has 4 aromatic carbocycles. The summed E-state index contributed by atoms with van der Waals surface area (Å²) in [4.78, 5) is 39.5. The number of nitrogens with one attached hydrogen (secondary N) is 1. The van der Waals surface area contributed by atoms with E-state index in [1.54, 1.807) is 13.0 Å². The van der Waals surface area contributed by atoms with E-state index in [1.807, 2.05) is 72.6 Å². The number of aryl methyl sites for hydroxylation is 1. The van der Waals surface area contributed by atoms with Crippen molar-refractivity contribution in [2.75, 3.05) is 30.1 Å². The molecule has 1 amide bonds. The predicted octanol–water partition coefficient (Wildman–Crippen LogP) is 8.16. The molecule has 10 heteroatoms. The van der Waals surface area contributed by atoms with Gasteiger partial charge in [-0.15, -0.1) is 12.4 Å². The molecule has 1 heterocycles. The molecule has 0 aromatic heterocycles. The van der Waals surface area contributed by atoms with Gasteiger partial charge in [-0.3, -0.25) is 20.0 Å². The maximum atomic E-state index is 13.7. The number of nitrogens with zero attached hydrogens (tertiary/aromatic N) is 2. The number of rotatable bonds is 10. The molecule has 0 bridgehead atoms. The molecule has 0 radical (unpaired) electrons. The SMILES string of the molecule is COc1cc(CC(=O)NN(c2ccc(-c3ccc(C(C)=O)cc3)cc2)c2c(C)cccc2N2CCCCC2)c(Br)cc1C(=O)O.Cl. The van der Waals surface area contributed by atoms with E-state index in [4.69, 9.17) is 4.74 Å². The maximum absolute atomic E-state index is 13.7. The zero-order chi connectivity index (χ0) is 32.1. The molecule has 1 fully saturated rings. The minimum absolute atomic E-state index is 0. The summed E-state index contributed by atoms with van der Waals surface area (Å²) in [6, 6.07) is 24.7. The van der Waals surface area contributed by atoms with Gasteiger partial charge in [-0.1, -0.05) is 64.5 Å². The highest BCUT2D eigenvalue weighted by molar-refractivity contribution is 9.10. The van der Waals surface area contributed by atoms with Crippen LogP contribution in [0.15, 0.2) is 83.3 Å². The number of carbonyl (C=O) groups is 3. The number of piperidine rings is 1. The zero-order valence-electron chi connectivity index (χ0n) is 26.0. The van der Waals surface area contributed by atoms with Gasteiger partial charge >= 0.3 is 5.97 Å². The second-order valence-electron chi connectivity index (χ2n) is 11.2. The first-order chi connectivity index (χ1) is 21.7. The van der Waals surface area contributed by atoms with E-state index in [0.29, 0.717) is 15.6 Å². The van der Waals surface area contributed by atoms with Crippen LogP contribution < -0.4 is 20.1 Å². The number of carboxylic acid groups (broad SMARTS) is 1. The largest absolute Gasteiger partial charge is 0.496 e. The topological polar surface area (TPSA) is 99.2 Å².